The maximum Gasteiger partial charge on any atom is 0.260 e. The molecule has 1 heterocycles. The van der Waals surface area contributed by atoms with Crippen molar-refractivity contribution in [2.75, 3.05) is 32.8 Å². The monoisotopic (exact) mass is 331 g/mol. The van der Waals surface area contributed by atoms with Crippen molar-refractivity contribution in [2.24, 2.45) is 5.92 Å². The van der Waals surface area contributed by atoms with Crippen LogP contribution < -0.4 is 9.64 Å². The molecule has 2 atom stereocenters. The first-order valence-electron chi connectivity index (χ1n) is 9.43. The lowest BCUT2D eigenvalue weighted by Crippen LogP contribution is -3.18. The van der Waals surface area contributed by atoms with Gasteiger partial charge in [0, 0.05) is 6.42 Å². The van der Waals surface area contributed by atoms with Gasteiger partial charge in [-0.2, -0.15) is 0 Å². The number of carbonyl (C=O) groups is 1. The summed E-state index contributed by atoms with van der Waals surface area (Å²) in [5.74, 6) is 1.76. The van der Waals surface area contributed by atoms with Crippen molar-refractivity contribution in [2.45, 2.75) is 45.6 Å². The standard InChI is InChI=1S/C20H30N2O2/c1-16-6-8-19(9-7-16)24-15-20(23)22-12-10-21(11-13-22)18-5-3-4-17(2)14-18/h6-9,17-18H,3-5,10-15H2,1-2H3/p+1. The molecule has 4 nitrogen and oxygen atoms in total. The maximum atomic E-state index is 12.4. The summed E-state index contributed by atoms with van der Waals surface area (Å²) in [7, 11) is 0. The highest BCUT2D eigenvalue weighted by atomic mass is 16.5. The third kappa shape index (κ3) is 4.50. The Labute approximate surface area is 145 Å². The van der Waals surface area contributed by atoms with E-state index >= 15 is 0 Å². The molecule has 0 aromatic heterocycles. The zero-order valence-corrected chi connectivity index (χ0v) is 15.1. The van der Waals surface area contributed by atoms with Crippen LogP contribution in [-0.4, -0.2) is 49.6 Å². The topological polar surface area (TPSA) is 34.0 Å². The summed E-state index contributed by atoms with van der Waals surface area (Å²) < 4.78 is 5.64. The molecule has 24 heavy (non-hydrogen) atoms. The fraction of sp³-hybridized carbons (Fsp3) is 0.650. The Balaban J connectivity index is 1.42. The number of amides is 1. The van der Waals surface area contributed by atoms with Crippen molar-refractivity contribution in [1.29, 1.82) is 0 Å². The van der Waals surface area contributed by atoms with Crippen LogP contribution >= 0.6 is 0 Å². The van der Waals surface area contributed by atoms with Crippen LogP contribution in [0, 0.1) is 12.8 Å². The van der Waals surface area contributed by atoms with E-state index in [0.29, 0.717) is 0 Å². The third-order valence-corrected chi connectivity index (χ3v) is 5.66. The van der Waals surface area contributed by atoms with Crippen LogP contribution in [0.5, 0.6) is 5.75 Å². The third-order valence-electron chi connectivity index (χ3n) is 5.66. The Morgan fingerprint density at radius 1 is 1.21 bits per heavy atom. The Hall–Kier alpha value is -1.55. The second-order valence-corrected chi connectivity index (χ2v) is 7.61. The molecule has 0 spiro atoms. The van der Waals surface area contributed by atoms with E-state index in [0.717, 1.165) is 43.9 Å². The summed E-state index contributed by atoms with van der Waals surface area (Å²) in [5, 5.41) is 0. The van der Waals surface area contributed by atoms with Gasteiger partial charge in [0.1, 0.15) is 5.75 Å². The second kappa shape index (κ2) is 8.02. The summed E-state index contributed by atoms with van der Waals surface area (Å²) >= 11 is 0. The van der Waals surface area contributed by atoms with E-state index in [1.165, 1.54) is 31.2 Å². The highest BCUT2D eigenvalue weighted by Gasteiger charge is 2.31. The fourth-order valence-electron chi connectivity index (χ4n) is 4.13. The number of hydrogen-bond acceptors (Lipinski definition) is 2. The zero-order chi connectivity index (χ0) is 16.9. The molecular formula is C20H31N2O2+. The summed E-state index contributed by atoms with van der Waals surface area (Å²) in [5.41, 5.74) is 1.20. The molecule has 1 aromatic rings. The molecule has 0 bridgehead atoms. The normalized spacial score (nSPS) is 25.5. The number of carbonyl (C=O) groups excluding carboxylic acids is 1. The molecule has 132 valence electrons. The Bertz CT molecular complexity index is 535. The van der Waals surface area contributed by atoms with Crippen molar-refractivity contribution in [3.8, 4) is 5.75 Å². The Morgan fingerprint density at radius 2 is 1.92 bits per heavy atom. The van der Waals surface area contributed by atoms with E-state index in [-0.39, 0.29) is 12.5 Å². The van der Waals surface area contributed by atoms with Gasteiger partial charge in [0.2, 0.25) is 0 Å². The van der Waals surface area contributed by atoms with Crippen LogP contribution in [0.25, 0.3) is 0 Å². The van der Waals surface area contributed by atoms with Crippen LogP contribution in [0.15, 0.2) is 24.3 Å². The summed E-state index contributed by atoms with van der Waals surface area (Å²) in [6.45, 7) is 8.50. The number of aryl methyl sites for hydroxylation is 1. The smallest absolute Gasteiger partial charge is 0.260 e. The van der Waals surface area contributed by atoms with Gasteiger partial charge in [-0.05, 0) is 37.8 Å². The predicted molar refractivity (Wildman–Crippen MR) is 95.4 cm³/mol. The second-order valence-electron chi connectivity index (χ2n) is 7.61. The number of ether oxygens (including phenoxy) is 1. The predicted octanol–water partition coefficient (Wildman–Crippen LogP) is 1.68. The quantitative estimate of drug-likeness (QED) is 0.911. The molecule has 1 saturated heterocycles. The Kier molecular flexibility index (Phi) is 5.77. The molecule has 2 aliphatic rings. The highest BCUT2D eigenvalue weighted by molar-refractivity contribution is 5.77. The molecule has 1 N–H and O–H groups in total. The number of piperazine rings is 1. The van der Waals surface area contributed by atoms with E-state index in [1.807, 2.05) is 36.1 Å². The van der Waals surface area contributed by atoms with Gasteiger partial charge in [-0.3, -0.25) is 4.79 Å². The first-order chi connectivity index (χ1) is 11.6. The minimum atomic E-state index is 0.117. The molecule has 0 radical (unpaired) electrons. The molecule has 1 saturated carbocycles. The lowest BCUT2D eigenvalue weighted by atomic mass is 9.86. The number of quaternary nitrogens is 1. The highest BCUT2D eigenvalue weighted by Crippen LogP contribution is 2.22. The van der Waals surface area contributed by atoms with Gasteiger partial charge in [-0.15, -0.1) is 0 Å². The molecular weight excluding hydrogens is 300 g/mol. The van der Waals surface area contributed by atoms with Gasteiger partial charge in [-0.25, -0.2) is 0 Å². The van der Waals surface area contributed by atoms with E-state index in [1.54, 1.807) is 4.90 Å². The van der Waals surface area contributed by atoms with E-state index in [9.17, 15) is 4.79 Å². The van der Waals surface area contributed by atoms with Crippen molar-refractivity contribution < 1.29 is 14.4 Å². The van der Waals surface area contributed by atoms with Crippen molar-refractivity contribution in [1.82, 2.24) is 4.90 Å². The van der Waals surface area contributed by atoms with Gasteiger partial charge in [0.05, 0.1) is 32.2 Å². The summed E-state index contributed by atoms with van der Waals surface area (Å²) in [6.07, 6.45) is 5.50. The van der Waals surface area contributed by atoms with Gasteiger partial charge < -0.3 is 14.5 Å². The van der Waals surface area contributed by atoms with Crippen molar-refractivity contribution in [3.05, 3.63) is 29.8 Å². The first-order valence-corrected chi connectivity index (χ1v) is 9.43. The fourth-order valence-corrected chi connectivity index (χ4v) is 4.13. The van der Waals surface area contributed by atoms with Gasteiger partial charge in [0.25, 0.3) is 5.91 Å². The lowest BCUT2D eigenvalue weighted by molar-refractivity contribution is -0.930. The molecule has 2 unspecified atom stereocenters. The van der Waals surface area contributed by atoms with E-state index in [2.05, 4.69) is 6.92 Å². The van der Waals surface area contributed by atoms with Crippen LogP contribution in [0.2, 0.25) is 0 Å². The average molecular weight is 331 g/mol. The van der Waals surface area contributed by atoms with Gasteiger partial charge in [-0.1, -0.05) is 31.0 Å². The largest absolute Gasteiger partial charge is 0.484 e. The van der Waals surface area contributed by atoms with E-state index in [4.69, 9.17) is 4.74 Å². The van der Waals surface area contributed by atoms with Crippen LogP contribution in [0.3, 0.4) is 0 Å². The SMILES string of the molecule is Cc1ccc(OCC(=O)N2CC[NH+](C3CCCC(C)C3)CC2)cc1. The first kappa shape index (κ1) is 17.3. The minimum absolute atomic E-state index is 0.117. The van der Waals surface area contributed by atoms with Crippen LogP contribution in [-0.2, 0) is 4.79 Å². The number of hydrogen-bond donors (Lipinski definition) is 1. The summed E-state index contributed by atoms with van der Waals surface area (Å²) in [6, 6.07) is 8.68. The number of nitrogens with zero attached hydrogens (tertiary/aromatic N) is 1. The molecule has 1 aromatic carbocycles. The van der Waals surface area contributed by atoms with Crippen molar-refractivity contribution >= 4 is 5.91 Å². The summed E-state index contributed by atoms with van der Waals surface area (Å²) in [4.78, 5) is 16.1. The van der Waals surface area contributed by atoms with Crippen LogP contribution in [0.4, 0.5) is 0 Å². The minimum Gasteiger partial charge on any atom is -0.484 e. The molecule has 1 amide bonds. The number of rotatable bonds is 4. The van der Waals surface area contributed by atoms with Gasteiger partial charge >= 0.3 is 0 Å². The lowest BCUT2D eigenvalue weighted by Gasteiger charge is -2.39. The van der Waals surface area contributed by atoms with Crippen molar-refractivity contribution in [3.63, 3.8) is 0 Å². The van der Waals surface area contributed by atoms with Crippen LogP contribution in [0.1, 0.15) is 38.2 Å². The molecule has 4 heteroatoms. The maximum absolute atomic E-state index is 12.4. The van der Waals surface area contributed by atoms with E-state index < -0.39 is 0 Å². The molecule has 3 rings (SSSR count). The molecule has 1 aliphatic heterocycles. The van der Waals surface area contributed by atoms with Gasteiger partial charge in [0.15, 0.2) is 6.61 Å². The molecule has 1 aliphatic carbocycles. The molecule has 2 fully saturated rings. The zero-order valence-electron chi connectivity index (χ0n) is 15.1. The average Bonchev–Trinajstić information content (AvgIpc) is 2.61. The number of nitrogens with one attached hydrogen (secondary N) is 1. The number of benzene rings is 1. The Morgan fingerprint density at radius 3 is 2.58 bits per heavy atom.